The van der Waals surface area contributed by atoms with Gasteiger partial charge in [-0.05, 0) is 110 Å². The van der Waals surface area contributed by atoms with E-state index in [4.69, 9.17) is 25.6 Å². The Bertz CT molecular complexity index is 2380. The number of ether oxygens (including phenoxy) is 2. The molecule has 3 saturated heterocycles. The van der Waals surface area contributed by atoms with Gasteiger partial charge in [0.1, 0.15) is 23.9 Å². The van der Waals surface area contributed by atoms with Gasteiger partial charge < -0.3 is 34.0 Å². The summed E-state index contributed by atoms with van der Waals surface area (Å²) in [5, 5.41) is 6.96. The molecule has 0 bridgehead atoms. The molecule has 17 heteroatoms. The third-order valence-electron chi connectivity index (χ3n) is 11.5. The van der Waals surface area contributed by atoms with Gasteiger partial charge in [-0.3, -0.25) is 28.5 Å². The van der Waals surface area contributed by atoms with E-state index in [0.29, 0.717) is 66.9 Å². The Labute approximate surface area is 370 Å². The van der Waals surface area contributed by atoms with Crippen molar-refractivity contribution in [3.63, 3.8) is 0 Å². The number of halogens is 2. The zero-order chi connectivity index (χ0) is 44.8. The van der Waals surface area contributed by atoms with Gasteiger partial charge in [-0.15, -0.1) is 0 Å². The van der Waals surface area contributed by atoms with Gasteiger partial charge in [0, 0.05) is 42.3 Å². The first-order valence-corrected chi connectivity index (χ1v) is 23.3. The number of para-hydroxylation sites is 1. The molecule has 14 nitrogen and oxygen atoms in total. The Morgan fingerprint density at radius 2 is 1.65 bits per heavy atom. The normalized spacial score (nSPS) is 21.1. The predicted molar refractivity (Wildman–Crippen MR) is 235 cm³/mol. The van der Waals surface area contributed by atoms with Crippen molar-refractivity contribution in [3.8, 4) is 5.75 Å². The summed E-state index contributed by atoms with van der Waals surface area (Å²) in [5.41, 5.74) is 1.32. The Kier molecular flexibility index (Phi) is 14.5. The summed E-state index contributed by atoms with van der Waals surface area (Å²) >= 11 is 6.34. The van der Waals surface area contributed by atoms with Crippen molar-refractivity contribution in [2.75, 3.05) is 46.0 Å². The van der Waals surface area contributed by atoms with E-state index in [1.54, 1.807) is 69.3 Å². The molecule has 0 aliphatic carbocycles. The first-order valence-electron chi connectivity index (χ1n) is 21.3. The topological polar surface area (TPSA) is 164 Å². The molecule has 0 saturated carbocycles. The maximum atomic E-state index is 16.7. The molecular weight excluding hydrogens is 852 g/mol. The molecule has 4 aromatic rings. The van der Waals surface area contributed by atoms with Crippen LogP contribution in [0.3, 0.4) is 0 Å². The van der Waals surface area contributed by atoms with Gasteiger partial charge >= 0.3 is 13.5 Å². The molecule has 3 heterocycles. The minimum absolute atomic E-state index is 0.0353. The fourth-order valence-corrected chi connectivity index (χ4v) is 10.5. The molecule has 63 heavy (non-hydrogen) atoms. The van der Waals surface area contributed by atoms with Crippen LogP contribution in [0.25, 0.3) is 10.8 Å². The number of carbonyl (C=O) groups excluding carboxylic acids is 5. The van der Waals surface area contributed by atoms with Gasteiger partial charge in [0.25, 0.3) is 11.8 Å². The van der Waals surface area contributed by atoms with Crippen molar-refractivity contribution < 1.29 is 46.9 Å². The van der Waals surface area contributed by atoms with Crippen molar-refractivity contribution in [3.05, 3.63) is 112 Å². The molecule has 334 valence electrons. The Balaban J connectivity index is 1.15. The van der Waals surface area contributed by atoms with Gasteiger partial charge in [0.2, 0.25) is 17.7 Å². The fourth-order valence-electron chi connectivity index (χ4n) is 8.35. The number of rotatable bonds is 13. The van der Waals surface area contributed by atoms with Gasteiger partial charge in [0.15, 0.2) is 0 Å². The SMILES string of the molecule is CCCOC(=O)[C@H](C)NP(=O)(Oc1ccccc1)C(F)c1ccc2ccc(C(=O)N[C@H]3CCN(C(=O)c4cc(C)cc(Cl)c4)C[C@H]4CC[C@@H](C(=O)N5CCOCC5)N4C3=O)cc2c1. The molecule has 4 amide bonds. The average molecular weight is 904 g/mol. The van der Waals surface area contributed by atoms with Crippen LogP contribution in [-0.2, 0) is 28.4 Å². The molecule has 3 aliphatic rings. The van der Waals surface area contributed by atoms with E-state index in [0.717, 1.165) is 5.56 Å². The van der Waals surface area contributed by atoms with E-state index in [1.165, 1.54) is 37.3 Å². The monoisotopic (exact) mass is 903 g/mol. The molecule has 0 spiro atoms. The highest BCUT2D eigenvalue weighted by molar-refractivity contribution is 7.57. The number of carbonyl (C=O) groups is 5. The number of nitrogens with zero attached hydrogens (tertiary/aromatic N) is 3. The Morgan fingerprint density at radius 3 is 2.38 bits per heavy atom. The fraction of sp³-hybridized carbons (Fsp3) is 0.413. The minimum Gasteiger partial charge on any atom is -0.465 e. The standard InChI is InChI=1S/C46H52ClFN5O9P/c1-4-20-61-46(58)30(3)50-63(59,62-38-8-6-5-7-9-38)41(48)32-12-10-31-11-13-33(26-34(31)25-32)42(54)49-39-16-17-52(43(55)35-23-29(2)24-36(47)27-35)28-37-14-15-40(53(37)44(39)56)45(57)51-18-21-60-22-19-51/h5-13,23-27,30,37,39-41H,4,14-22,28H2,1-3H3,(H,49,54)(H,50,59)/t30-,37+,39-,40-,41?,63?/m0/s1. The zero-order valence-corrected chi connectivity index (χ0v) is 37.1. The van der Waals surface area contributed by atoms with E-state index in [-0.39, 0.29) is 54.8 Å². The predicted octanol–water partition coefficient (Wildman–Crippen LogP) is 6.84. The first kappa shape index (κ1) is 45.7. The van der Waals surface area contributed by atoms with Crippen LogP contribution in [0, 0.1) is 6.92 Å². The third-order valence-corrected chi connectivity index (χ3v) is 13.9. The minimum atomic E-state index is -4.52. The summed E-state index contributed by atoms with van der Waals surface area (Å²) in [4.78, 5) is 74.3. The quantitative estimate of drug-likeness (QED) is 0.107. The number of hydrogen-bond acceptors (Lipinski definition) is 9. The summed E-state index contributed by atoms with van der Waals surface area (Å²) in [7, 11) is -4.52. The Hall–Kier alpha value is -5.34. The number of fused-ring (bicyclic) bond motifs is 2. The van der Waals surface area contributed by atoms with Crippen molar-refractivity contribution in [1.29, 1.82) is 0 Å². The van der Waals surface area contributed by atoms with E-state index in [9.17, 15) is 28.5 Å². The molecule has 2 N–H and O–H groups in total. The highest BCUT2D eigenvalue weighted by atomic mass is 35.5. The molecular formula is C46H52ClFN5O9P. The van der Waals surface area contributed by atoms with Crippen LogP contribution < -0.4 is 14.9 Å². The highest BCUT2D eigenvalue weighted by Gasteiger charge is 2.47. The summed E-state index contributed by atoms with van der Waals surface area (Å²) in [6.45, 7) is 7.14. The zero-order valence-electron chi connectivity index (χ0n) is 35.5. The lowest BCUT2D eigenvalue weighted by Crippen LogP contribution is -2.61. The summed E-state index contributed by atoms with van der Waals surface area (Å²) < 4.78 is 47.6. The molecule has 7 rings (SSSR count). The van der Waals surface area contributed by atoms with Crippen molar-refractivity contribution in [2.24, 2.45) is 0 Å². The largest absolute Gasteiger partial charge is 0.465 e. The molecule has 3 aliphatic heterocycles. The number of alkyl halides is 1. The second kappa shape index (κ2) is 20.0. The summed E-state index contributed by atoms with van der Waals surface area (Å²) in [5.74, 6) is -4.34. The number of morpholine rings is 1. The van der Waals surface area contributed by atoms with Gasteiger partial charge in [-0.25, -0.2) is 9.48 Å². The molecule has 4 aromatic carbocycles. The van der Waals surface area contributed by atoms with Crippen LogP contribution in [0.1, 0.15) is 77.3 Å². The van der Waals surface area contributed by atoms with Crippen LogP contribution in [0.15, 0.2) is 84.9 Å². The number of amides is 4. The van der Waals surface area contributed by atoms with Crippen molar-refractivity contribution >= 4 is 59.5 Å². The number of esters is 1. The second-order valence-corrected chi connectivity index (χ2v) is 18.7. The lowest BCUT2D eigenvalue weighted by Gasteiger charge is -2.40. The van der Waals surface area contributed by atoms with Crippen LogP contribution in [-0.4, -0.2) is 114 Å². The molecule has 6 atom stereocenters. The number of aryl methyl sites for hydroxylation is 1. The number of nitrogens with one attached hydrogen (secondary N) is 2. The van der Waals surface area contributed by atoms with Crippen LogP contribution >= 0.6 is 19.1 Å². The number of benzene rings is 4. The van der Waals surface area contributed by atoms with Crippen molar-refractivity contribution in [1.82, 2.24) is 25.1 Å². The lowest BCUT2D eigenvalue weighted by molar-refractivity contribution is -0.149. The average Bonchev–Trinajstić information content (AvgIpc) is 3.70. The summed E-state index contributed by atoms with van der Waals surface area (Å²) in [6, 6.07) is 18.9. The van der Waals surface area contributed by atoms with Gasteiger partial charge in [-0.2, -0.15) is 0 Å². The maximum absolute atomic E-state index is 16.7. The second-order valence-electron chi connectivity index (χ2n) is 16.2. The van der Waals surface area contributed by atoms with Crippen LogP contribution in [0.4, 0.5) is 4.39 Å². The van der Waals surface area contributed by atoms with Gasteiger partial charge in [-0.1, -0.05) is 54.9 Å². The van der Waals surface area contributed by atoms with Crippen LogP contribution in [0.2, 0.25) is 5.02 Å². The number of hydrogen-bond donors (Lipinski definition) is 2. The maximum Gasteiger partial charge on any atom is 0.355 e. The lowest BCUT2D eigenvalue weighted by atomic mass is 10.0. The molecule has 0 aromatic heterocycles. The molecule has 0 radical (unpaired) electrons. The van der Waals surface area contributed by atoms with Gasteiger partial charge in [0.05, 0.1) is 25.9 Å². The molecule has 3 fully saturated rings. The highest BCUT2D eigenvalue weighted by Crippen LogP contribution is 2.58. The van der Waals surface area contributed by atoms with E-state index in [1.807, 2.05) is 13.8 Å². The summed E-state index contributed by atoms with van der Waals surface area (Å²) in [6.07, 6.45) is 1.51. The molecule has 2 unspecified atom stereocenters. The van der Waals surface area contributed by atoms with Crippen LogP contribution in [0.5, 0.6) is 5.75 Å². The third kappa shape index (κ3) is 10.6. The van der Waals surface area contributed by atoms with E-state index in [2.05, 4.69) is 10.4 Å². The van der Waals surface area contributed by atoms with Crippen molar-refractivity contribution in [2.45, 2.75) is 76.5 Å². The van der Waals surface area contributed by atoms with E-state index >= 15 is 4.39 Å². The smallest absolute Gasteiger partial charge is 0.355 e. The first-order chi connectivity index (χ1) is 30.2. The Morgan fingerprint density at radius 1 is 0.905 bits per heavy atom. The van der Waals surface area contributed by atoms with E-state index < -0.39 is 55.4 Å².